The predicted molar refractivity (Wildman–Crippen MR) is 65.2 cm³/mol. The number of aliphatic hydroxyl groups is 1. The van der Waals surface area contributed by atoms with Crippen LogP contribution >= 0.6 is 0 Å². The molecule has 2 N–H and O–H groups in total. The second-order valence-electron chi connectivity index (χ2n) is 4.22. The summed E-state index contributed by atoms with van der Waals surface area (Å²) >= 11 is 0. The lowest BCUT2D eigenvalue weighted by molar-refractivity contribution is 0.0590. The average Bonchev–Trinajstić information content (AvgIpc) is 2.28. The Morgan fingerprint density at radius 3 is 2.88 bits per heavy atom. The first kappa shape index (κ1) is 11.0. The van der Waals surface area contributed by atoms with Crippen LogP contribution in [0.1, 0.15) is 12.5 Å². The van der Waals surface area contributed by atoms with Crippen LogP contribution in [-0.4, -0.2) is 23.7 Å². The smallest absolute Gasteiger partial charge is 0.101 e. The molecule has 1 heterocycles. The monoisotopic (exact) mass is 216 g/mol. The fraction of sp³-hybridized carbons (Fsp3) is 0.308. The molecule has 0 radical (unpaired) electrons. The Bertz CT molecular complexity index is 494. The quantitative estimate of drug-likeness (QED) is 0.820. The van der Waals surface area contributed by atoms with Crippen molar-refractivity contribution in [2.45, 2.75) is 12.5 Å². The molecule has 1 aromatic carbocycles. The van der Waals surface area contributed by atoms with Crippen LogP contribution in [0.25, 0.3) is 10.9 Å². The Labute approximate surface area is 95.1 Å². The minimum atomic E-state index is -0.883. The molecule has 0 bridgehead atoms. The van der Waals surface area contributed by atoms with Gasteiger partial charge >= 0.3 is 0 Å². The van der Waals surface area contributed by atoms with Gasteiger partial charge < -0.3 is 10.4 Å². The lowest BCUT2D eigenvalue weighted by atomic mass is 9.96. The normalized spacial score (nSPS) is 14.9. The van der Waals surface area contributed by atoms with Crippen molar-refractivity contribution in [3.8, 4) is 0 Å². The Morgan fingerprint density at radius 2 is 2.12 bits per heavy atom. The number of rotatable bonds is 3. The van der Waals surface area contributed by atoms with Gasteiger partial charge in [-0.05, 0) is 26.1 Å². The Balaban J connectivity index is 2.46. The summed E-state index contributed by atoms with van der Waals surface area (Å²) in [5.41, 5.74) is 0.901. The minimum Gasteiger partial charge on any atom is -0.384 e. The third kappa shape index (κ3) is 2.05. The number of aromatic nitrogens is 1. The van der Waals surface area contributed by atoms with Crippen molar-refractivity contribution in [3.63, 3.8) is 0 Å². The van der Waals surface area contributed by atoms with Crippen LogP contribution in [0, 0.1) is 0 Å². The van der Waals surface area contributed by atoms with Crippen LogP contribution < -0.4 is 5.32 Å². The van der Waals surface area contributed by atoms with Crippen LogP contribution in [0.4, 0.5) is 0 Å². The van der Waals surface area contributed by atoms with Gasteiger partial charge in [-0.3, -0.25) is 4.98 Å². The number of para-hydroxylation sites is 1. The summed E-state index contributed by atoms with van der Waals surface area (Å²) in [6.45, 7) is 2.29. The standard InChI is InChI=1S/C13H16N2O/c1-13(16,9-14-2)11-7-10-5-3-4-6-12(10)15-8-11/h3-8,14,16H,9H2,1-2H3. The summed E-state index contributed by atoms with van der Waals surface area (Å²) in [6.07, 6.45) is 1.74. The van der Waals surface area contributed by atoms with E-state index in [1.54, 1.807) is 13.1 Å². The molecular weight excluding hydrogens is 200 g/mol. The number of pyridine rings is 1. The van der Waals surface area contributed by atoms with Crippen molar-refractivity contribution < 1.29 is 5.11 Å². The number of hydrogen-bond donors (Lipinski definition) is 2. The molecule has 0 saturated heterocycles. The highest BCUT2D eigenvalue weighted by molar-refractivity contribution is 5.78. The van der Waals surface area contributed by atoms with Crippen LogP contribution in [-0.2, 0) is 5.60 Å². The van der Waals surface area contributed by atoms with Gasteiger partial charge in [0.2, 0.25) is 0 Å². The Morgan fingerprint density at radius 1 is 1.38 bits per heavy atom. The maximum absolute atomic E-state index is 10.2. The molecule has 0 fully saturated rings. The molecule has 16 heavy (non-hydrogen) atoms. The molecule has 3 heteroatoms. The topological polar surface area (TPSA) is 45.1 Å². The summed E-state index contributed by atoms with van der Waals surface area (Å²) in [4.78, 5) is 4.34. The number of nitrogens with one attached hydrogen (secondary N) is 1. The number of hydrogen-bond acceptors (Lipinski definition) is 3. The largest absolute Gasteiger partial charge is 0.384 e. The van der Waals surface area contributed by atoms with Crippen molar-refractivity contribution in [1.29, 1.82) is 0 Å². The van der Waals surface area contributed by atoms with Crippen molar-refractivity contribution in [2.75, 3.05) is 13.6 Å². The third-order valence-electron chi connectivity index (χ3n) is 2.73. The molecule has 0 aliphatic carbocycles. The maximum Gasteiger partial charge on any atom is 0.101 e. The van der Waals surface area contributed by atoms with Gasteiger partial charge in [-0.2, -0.15) is 0 Å². The highest BCUT2D eigenvalue weighted by Crippen LogP contribution is 2.22. The molecule has 1 aromatic heterocycles. The average molecular weight is 216 g/mol. The summed E-state index contributed by atoms with van der Waals surface area (Å²) in [5.74, 6) is 0. The van der Waals surface area contributed by atoms with E-state index in [9.17, 15) is 5.11 Å². The fourth-order valence-electron chi connectivity index (χ4n) is 1.81. The van der Waals surface area contributed by atoms with Crippen molar-refractivity contribution in [3.05, 3.63) is 42.1 Å². The van der Waals surface area contributed by atoms with Crippen LogP contribution in [0.15, 0.2) is 36.5 Å². The molecule has 84 valence electrons. The molecular formula is C13H16N2O. The molecule has 3 nitrogen and oxygen atoms in total. The van der Waals surface area contributed by atoms with Gasteiger partial charge in [0.1, 0.15) is 5.60 Å². The molecule has 2 aromatic rings. The van der Waals surface area contributed by atoms with Gasteiger partial charge in [0, 0.05) is 23.7 Å². The predicted octanol–water partition coefficient (Wildman–Crippen LogP) is 1.66. The SMILES string of the molecule is CNCC(C)(O)c1cnc2ccccc2c1. The van der Waals surface area contributed by atoms with E-state index < -0.39 is 5.60 Å². The zero-order valence-electron chi connectivity index (χ0n) is 9.57. The van der Waals surface area contributed by atoms with Crippen molar-refractivity contribution in [1.82, 2.24) is 10.3 Å². The molecule has 1 atom stereocenters. The number of fused-ring (bicyclic) bond motifs is 1. The molecule has 0 saturated carbocycles. The molecule has 1 unspecified atom stereocenters. The van der Waals surface area contributed by atoms with E-state index in [1.807, 2.05) is 37.4 Å². The van der Waals surface area contributed by atoms with Gasteiger partial charge in [-0.25, -0.2) is 0 Å². The fourth-order valence-corrected chi connectivity index (χ4v) is 1.81. The summed E-state index contributed by atoms with van der Waals surface area (Å²) in [7, 11) is 1.82. The zero-order valence-corrected chi connectivity index (χ0v) is 9.57. The summed E-state index contributed by atoms with van der Waals surface area (Å²) in [5, 5.41) is 14.3. The zero-order chi connectivity index (χ0) is 11.6. The molecule has 0 aliphatic heterocycles. The minimum absolute atomic E-state index is 0.507. The van der Waals surface area contributed by atoms with Crippen molar-refractivity contribution in [2.24, 2.45) is 0 Å². The van der Waals surface area contributed by atoms with Gasteiger partial charge in [-0.15, -0.1) is 0 Å². The highest BCUT2D eigenvalue weighted by atomic mass is 16.3. The number of nitrogens with zero attached hydrogens (tertiary/aromatic N) is 1. The van der Waals surface area contributed by atoms with Crippen LogP contribution in [0.5, 0.6) is 0 Å². The van der Waals surface area contributed by atoms with Crippen molar-refractivity contribution >= 4 is 10.9 Å². The molecule has 0 aliphatic rings. The Hall–Kier alpha value is -1.45. The highest BCUT2D eigenvalue weighted by Gasteiger charge is 2.22. The van der Waals surface area contributed by atoms with Gasteiger partial charge in [0.25, 0.3) is 0 Å². The lowest BCUT2D eigenvalue weighted by Gasteiger charge is -2.23. The number of likely N-dealkylation sites (N-methyl/N-ethyl adjacent to an activating group) is 1. The van der Waals surface area contributed by atoms with E-state index in [-0.39, 0.29) is 0 Å². The van der Waals surface area contributed by atoms with Gasteiger partial charge in [0.15, 0.2) is 0 Å². The Kier molecular flexibility index (Phi) is 2.90. The first-order valence-corrected chi connectivity index (χ1v) is 5.36. The summed E-state index contributed by atoms with van der Waals surface area (Å²) < 4.78 is 0. The van der Waals surface area contributed by atoms with Gasteiger partial charge in [-0.1, -0.05) is 18.2 Å². The first-order valence-electron chi connectivity index (χ1n) is 5.36. The van der Waals surface area contributed by atoms with Gasteiger partial charge in [0.05, 0.1) is 5.52 Å². The summed E-state index contributed by atoms with van der Waals surface area (Å²) in [6, 6.07) is 9.88. The number of benzene rings is 1. The van der Waals surface area contributed by atoms with E-state index in [0.717, 1.165) is 16.5 Å². The lowest BCUT2D eigenvalue weighted by Crippen LogP contribution is -2.33. The first-order chi connectivity index (χ1) is 7.63. The third-order valence-corrected chi connectivity index (χ3v) is 2.73. The molecule has 0 spiro atoms. The second-order valence-corrected chi connectivity index (χ2v) is 4.22. The molecule has 2 rings (SSSR count). The van der Waals surface area contributed by atoms with E-state index >= 15 is 0 Å². The van der Waals surface area contributed by atoms with E-state index in [4.69, 9.17) is 0 Å². The van der Waals surface area contributed by atoms with E-state index in [2.05, 4.69) is 10.3 Å². The second kappa shape index (κ2) is 4.20. The van der Waals surface area contributed by atoms with E-state index in [1.165, 1.54) is 0 Å². The molecule has 0 amide bonds. The maximum atomic E-state index is 10.2. The van der Waals surface area contributed by atoms with Crippen LogP contribution in [0.2, 0.25) is 0 Å². The van der Waals surface area contributed by atoms with Crippen LogP contribution in [0.3, 0.4) is 0 Å². The van der Waals surface area contributed by atoms with E-state index in [0.29, 0.717) is 6.54 Å².